The summed E-state index contributed by atoms with van der Waals surface area (Å²) in [4.78, 5) is 2.13. The van der Waals surface area contributed by atoms with Gasteiger partial charge in [0.1, 0.15) is 11.5 Å². The van der Waals surface area contributed by atoms with Crippen molar-refractivity contribution in [3.8, 4) is 11.5 Å². The SMILES string of the molecule is CCCCCCCCCS(=O)(=O)N/N=C/c1ccc(O)cc1O. The fourth-order valence-electron chi connectivity index (χ4n) is 2.11. The first-order chi connectivity index (χ1) is 10.9. The lowest BCUT2D eigenvalue weighted by molar-refractivity contribution is 0.450. The smallest absolute Gasteiger partial charge is 0.247 e. The zero-order valence-corrected chi connectivity index (χ0v) is 14.3. The summed E-state index contributed by atoms with van der Waals surface area (Å²) < 4.78 is 23.5. The Bertz CT molecular complexity index is 600. The minimum absolute atomic E-state index is 0.0413. The van der Waals surface area contributed by atoms with E-state index < -0.39 is 10.0 Å². The van der Waals surface area contributed by atoms with E-state index >= 15 is 0 Å². The van der Waals surface area contributed by atoms with Crippen LogP contribution in [0.5, 0.6) is 11.5 Å². The van der Waals surface area contributed by atoms with Gasteiger partial charge in [-0.05, 0) is 18.6 Å². The Morgan fingerprint density at radius 3 is 2.39 bits per heavy atom. The van der Waals surface area contributed by atoms with Gasteiger partial charge in [-0.15, -0.1) is 0 Å². The van der Waals surface area contributed by atoms with Crippen LogP contribution < -0.4 is 4.83 Å². The van der Waals surface area contributed by atoms with Crippen molar-refractivity contribution in [1.82, 2.24) is 4.83 Å². The first-order valence-electron chi connectivity index (χ1n) is 7.99. The highest BCUT2D eigenvalue weighted by Crippen LogP contribution is 2.20. The maximum absolute atomic E-state index is 11.8. The molecule has 0 saturated carbocycles. The van der Waals surface area contributed by atoms with Crippen molar-refractivity contribution in [2.75, 3.05) is 5.75 Å². The third kappa shape index (κ3) is 8.44. The van der Waals surface area contributed by atoms with Gasteiger partial charge >= 0.3 is 0 Å². The molecule has 1 aromatic carbocycles. The molecule has 0 atom stereocenters. The monoisotopic (exact) mass is 342 g/mol. The van der Waals surface area contributed by atoms with Gasteiger partial charge in [-0.3, -0.25) is 0 Å². The molecular weight excluding hydrogens is 316 g/mol. The summed E-state index contributed by atoms with van der Waals surface area (Å²) in [7, 11) is -3.45. The average molecular weight is 342 g/mol. The molecule has 0 amide bonds. The van der Waals surface area contributed by atoms with Crippen molar-refractivity contribution in [2.45, 2.75) is 51.9 Å². The van der Waals surface area contributed by atoms with Crippen molar-refractivity contribution >= 4 is 16.2 Å². The van der Waals surface area contributed by atoms with E-state index in [9.17, 15) is 13.5 Å². The van der Waals surface area contributed by atoms with Gasteiger partial charge in [0, 0.05) is 11.6 Å². The van der Waals surface area contributed by atoms with E-state index in [0.29, 0.717) is 12.0 Å². The predicted molar refractivity (Wildman–Crippen MR) is 92.3 cm³/mol. The van der Waals surface area contributed by atoms with Crippen molar-refractivity contribution < 1.29 is 18.6 Å². The zero-order valence-electron chi connectivity index (χ0n) is 13.5. The summed E-state index contributed by atoms with van der Waals surface area (Å²) in [6, 6.07) is 3.99. The van der Waals surface area contributed by atoms with E-state index in [0.717, 1.165) is 25.3 Å². The topological polar surface area (TPSA) is 99.0 Å². The van der Waals surface area contributed by atoms with E-state index in [2.05, 4.69) is 16.9 Å². The molecule has 0 aliphatic rings. The van der Waals surface area contributed by atoms with Crippen LogP contribution in [0, 0.1) is 0 Å². The normalized spacial score (nSPS) is 11.9. The quantitative estimate of drug-likeness (QED) is 0.327. The van der Waals surface area contributed by atoms with Crippen LogP contribution in [-0.2, 0) is 10.0 Å². The van der Waals surface area contributed by atoms with Crippen LogP contribution in [0.15, 0.2) is 23.3 Å². The Labute approximate surface area is 138 Å². The molecule has 7 heteroatoms. The molecule has 0 aliphatic heterocycles. The summed E-state index contributed by atoms with van der Waals surface area (Å²) in [6.45, 7) is 2.16. The van der Waals surface area contributed by atoms with Crippen LogP contribution in [-0.4, -0.2) is 30.6 Å². The fraction of sp³-hybridized carbons (Fsp3) is 0.562. The van der Waals surface area contributed by atoms with Crippen LogP contribution in [0.4, 0.5) is 0 Å². The van der Waals surface area contributed by atoms with E-state index in [1.54, 1.807) is 0 Å². The number of sulfonamides is 1. The number of unbranched alkanes of at least 4 members (excludes halogenated alkanes) is 6. The first-order valence-corrected chi connectivity index (χ1v) is 9.64. The molecule has 0 bridgehead atoms. The summed E-state index contributed by atoms with van der Waals surface area (Å²) in [5.74, 6) is -0.196. The fourth-order valence-corrected chi connectivity index (χ4v) is 3.00. The molecule has 3 N–H and O–H groups in total. The summed E-state index contributed by atoms with van der Waals surface area (Å²) in [6.07, 6.45) is 8.57. The van der Waals surface area contributed by atoms with Gasteiger partial charge in [-0.25, -0.2) is 13.2 Å². The Kier molecular flexibility index (Phi) is 8.47. The zero-order chi connectivity index (χ0) is 17.1. The number of nitrogens with one attached hydrogen (secondary N) is 1. The molecule has 0 radical (unpaired) electrons. The molecular formula is C16H26N2O4S. The van der Waals surface area contributed by atoms with Crippen LogP contribution in [0.2, 0.25) is 0 Å². The van der Waals surface area contributed by atoms with Gasteiger partial charge in [0.15, 0.2) is 0 Å². The lowest BCUT2D eigenvalue weighted by Crippen LogP contribution is -2.21. The Morgan fingerprint density at radius 1 is 1.09 bits per heavy atom. The van der Waals surface area contributed by atoms with E-state index in [1.807, 2.05) is 0 Å². The number of benzene rings is 1. The van der Waals surface area contributed by atoms with Gasteiger partial charge in [-0.1, -0.05) is 45.4 Å². The molecule has 0 aliphatic carbocycles. The van der Waals surface area contributed by atoms with Gasteiger partial charge in [-0.2, -0.15) is 5.10 Å². The second kappa shape index (κ2) is 10.1. The van der Waals surface area contributed by atoms with Crippen molar-refractivity contribution in [1.29, 1.82) is 0 Å². The van der Waals surface area contributed by atoms with Crippen LogP contribution >= 0.6 is 0 Å². The third-order valence-electron chi connectivity index (χ3n) is 3.43. The molecule has 6 nitrogen and oxygen atoms in total. The Hall–Kier alpha value is -1.76. The number of phenols is 2. The Balaban J connectivity index is 2.30. The molecule has 1 aromatic rings. The number of aromatic hydroxyl groups is 2. The van der Waals surface area contributed by atoms with Crippen molar-refractivity contribution in [3.63, 3.8) is 0 Å². The number of nitrogens with zero attached hydrogens (tertiary/aromatic N) is 1. The molecule has 0 aromatic heterocycles. The lowest BCUT2D eigenvalue weighted by Gasteiger charge is -2.04. The average Bonchev–Trinajstić information content (AvgIpc) is 2.48. The van der Waals surface area contributed by atoms with E-state index in [-0.39, 0.29) is 17.3 Å². The minimum Gasteiger partial charge on any atom is -0.508 e. The van der Waals surface area contributed by atoms with Gasteiger partial charge in [0.25, 0.3) is 0 Å². The van der Waals surface area contributed by atoms with Crippen molar-refractivity contribution in [3.05, 3.63) is 23.8 Å². The second-order valence-electron chi connectivity index (χ2n) is 5.53. The molecule has 0 saturated heterocycles. The first kappa shape index (κ1) is 19.3. The van der Waals surface area contributed by atoms with Gasteiger partial charge in [0.05, 0.1) is 12.0 Å². The second-order valence-corrected chi connectivity index (χ2v) is 7.35. The molecule has 0 fully saturated rings. The van der Waals surface area contributed by atoms with E-state index in [4.69, 9.17) is 5.11 Å². The lowest BCUT2D eigenvalue weighted by atomic mass is 10.1. The molecule has 1 rings (SSSR count). The number of hydrogen-bond donors (Lipinski definition) is 3. The van der Waals surface area contributed by atoms with Crippen LogP contribution in [0.3, 0.4) is 0 Å². The number of phenolic OH excluding ortho intramolecular Hbond substituents is 2. The molecule has 130 valence electrons. The number of rotatable bonds is 11. The maximum atomic E-state index is 11.8. The van der Waals surface area contributed by atoms with Gasteiger partial charge in [0.2, 0.25) is 10.0 Å². The summed E-state index contributed by atoms with van der Waals surface area (Å²) >= 11 is 0. The predicted octanol–water partition coefficient (Wildman–Crippen LogP) is 3.10. The van der Waals surface area contributed by atoms with Crippen LogP contribution in [0.25, 0.3) is 0 Å². The number of hydrogen-bond acceptors (Lipinski definition) is 5. The standard InChI is InChI=1S/C16H26N2O4S/c1-2-3-4-5-6-7-8-11-23(21,22)18-17-13-14-9-10-15(19)12-16(14)20/h9-10,12-13,18-20H,2-8,11H2,1H3/b17-13+. The molecule has 23 heavy (non-hydrogen) atoms. The number of hydrazone groups is 1. The van der Waals surface area contributed by atoms with Crippen molar-refractivity contribution in [2.24, 2.45) is 5.10 Å². The third-order valence-corrected chi connectivity index (χ3v) is 4.64. The minimum atomic E-state index is -3.45. The molecule has 0 unspecified atom stereocenters. The Morgan fingerprint density at radius 2 is 1.74 bits per heavy atom. The van der Waals surface area contributed by atoms with E-state index in [1.165, 1.54) is 37.6 Å². The summed E-state index contributed by atoms with van der Waals surface area (Å²) in [5, 5.41) is 22.4. The highest BCUT2D eigenvalue weighted by molar-refractivity contribution is 7.89. The maximum Gasteiger partial charge on any atom is 0.247 e. The molecule has 0 spiro atoms. The highest BCUT2D eigenvalue weighted by Gasteiger charge is 2.08. The van der Waals surface area contributed by atoms with Gasteiger partial charge < -0.3 is 10.2 Å². The molecule has 0 heterocycles. The highest BCUT2D eigenvalue weighted by atomic mass is 32.2. The summed E-state index contributed by atoms with van der Waals surface area (Å²) in [5.41, 5.74) is 0.321. The largest absolute Gasteiger partial charge is 0.508 e. The van der Waals surface area contributed by atoms with Crippen LogP contribution in [0.1, 0.15) is 57.4 Å².